The molecule has 3 heterocycles. The van der Waals surface area contributed by atoms with Crippen LogP contribution >= 0.6 is 11.3 Å². The lowest BCUT2D eigenvalue weighted by atomic mass is 10.2. The molecule has 0 spiro atoms. The van der Waals surface area contributed by atoms with Crippen LogP contribution in [0.5, 0.6) is 0 Å². The molecule has 0 radical (unpaired) electrons. The van der Waals surface area contributed by atoms with Crippen LogP contribution in [0.25, 0.3) is 10.7 Å². The highest BCUT2D eigenvalue weighted by Crippen LogP contribution is 2.27. The van der Waals surface area contributed by atoms with Crippen LogP contribution in [0, 0.1) is 6.92 Å². The number of hydrogen-bond acceptors (Lipinski definition) is 6. The average molecular weight is 360 g/mol. The van der Waals surface area contributed by atoms with Crippen molar-refractivity contribution < 1.29 is 14.7 Å². The molecular weight excluding hydrogens is 340 g/mol. The quantitative estimate of drug-likeness (QED) is 0.888. The number of amides is 2. The third-order valence-corrected chi connectivity index (χ3v) is 5.28. The van der Waals surface area contributed by atoms with E-state index in [1.54, 1.807) is 16.0 Å². The fourth-order valence-corrected chi connectivity index (χ4v) is 3.74. The second-order valence-electron chi connectivity index (χ2n) is 5.94. The Hall–Kier alpha value is -2.32. The van der Waals surface area contributed by atoms with Gasteiger partial charge in [-0.2, -0.15) is 0 Å². The summed E-state index contributed by atoms with van der Waals surface area (Å²) in [5.74, 6) is -0.361. The average Bonchev–Trinajstić information content (AvgIpc) is 3.03. The van der Waals surface area contributed by atoms with Crippen LogP contribution in [0.4, 0.5) is 0 Å². The second kappa shape index (κ2) is 7.28. The number of aromatic nitrogens is 2. The number of nitrogens with zero attached hydrogens (tertiary/aromatic N) is 4. The van der Waals surface area contributed by atoms with E-state index in [2.05, 4.69) is 9.97 Å². The summed E-state index contributed by atoms with van der Waals surface area (Å²) in [6.45, 7) is 5.05. The summed E-state index contributed by atoms with van der Waals surface area (Å²) in [5, 5.41) is 10.1. The fraction of sp³-hybridized carbons (Fsp3) is 0.412. The molecule has 1 N–H and O–H groups in total. The lowest BCUT2D eigenvalue weighted by Gasteiger charge is -2.35. The first-order chi connectivity index (χ1) is 12.0. The van der Waals surface area contributed by atoms with Gasteiger partial charge in [-0.3, -0.25) is 14.6 Å². The fourth-order valence-electron chi connectivity index (χ4n) is 2.73. The van der Waals surface area contributed by atoms with Gasteiger partial charge in [0.1, 0.15) is 16.0 Å². The molecule has 7 nitrogen and oxygen atoms in total. The monoisotopic (exact) mass is 360 g/mol. The standard InChI is InChI=1S/C17H20N4O3S/c1-11-14(25-15(19-11)13-5-3-4-6-18-13)17(24)21-9-7-20(8-10-21)16(23)12(2)22/h3-6,12,22H,7-10H2,1-2H3/t12-/m0/s1. The van der Waals surface area contributed by atoms with Gasteiger partial charge in [-0.25, -0.2) is 4.98 Å². The number of carbonyl (C=O) groups excluding carboxylic acids is 2. The van der Waals surface area contributed by atoms with E-state index in [9.17, 15) is 14.7 Å². The minimum absolute atomic E-state index is 0.0682. The van der Waals surface area contributed by atoms with Gasteiger partial charge in [-0.05, 0) is 26.0 Å². The Balaban J connectivity index is 1.70. The molecule has 1 aliphatic heterocycles. The Morgan fingerprint density at radius 1 is 1.20 bits per heavy atom. The zero-order valence-electron chi connectivity index (χ0n) is 14.2. The summed E-state index contributed by atoms with van der Waals surface area (Å²) >= 11 is 1.34. The molecule has 1 atom stereocenters. The summed E-state index contributed by atoms with van der Waals surface area (Å²) in [7, 11) is 0. The van der Waals surface area contributed by atoms with Crippen LogP contribution in [-0.4, -0.2) is 69.0 Å². The van der Waals surface area contributed by atoms with Crippen LogP contribution in [0.1, 0.15) is 22.3 Å². The Labute approximate surface area is 149 Å². The van der Waals surface area contributed by atoms with Crippen molar-refractivity contribution in [3.8, 4) is 10.7 Å². The number of piperazine rings is 1. The third-order valence-electron chi connectivity index (χ3n) is 4.11. The van der Waals surface area contributed by atoms with Crippen LogP contribution in [0.2, 0.25) is 0 Å². The van der Waals surface area contributed by atoms with Crippen molar-refractivity contribution in [2.75, 3.05) is 26.2 Å². The summed E-state index contributed by atoms with van der Waals surface area (Å²) in [6.07, 6.45) is 0.693. The molecule has 2 aromatic rings. The van der Waals surface area contributed by atoms with E-state index in [-0.39, 0.29) is 11.8 Å². The first-order valence-electron chi connectivity index (χ1n) is 8.12. The van der Waals surface area contributed by atoms with E-state index in [0.29, 0.717) is 36.8 Å². The van der Waals surface area contributed by atoms with Crippen molar-refractivity contribution in [3.05, 3.63) is 35.0 Å². The highest BCUT2D eigenvalue weighted by atomic mass is 32.1. The van der Waals surface area contributed by atoms with Gasteiger partial charge in [0.05, 0.1) is 11.4 Å². The number of aliphatic hydroxyl groups is 1. The minimum atomic E-state index is -1.01. The minimum Gasteiger partial charge on any atom is -0.384 e. The molecule has 1 fully saturated rings. The van der Waals surface area contributed by atoms with Gasteiger partial charge in [0.2, 0.25) is 0 Å². The molecule has 1 saturated heterocycles. The number of hydrogen-bond donors (Lipinski definition) is 1. The molecule has 2 amide bonds. The molecule has 25 heavy (non-hydrogen) atoms. The molecule has 3 rings (SSSR count). The SMILES string of the molecule is Cc1nc(-c2ccccn2)sc1C(=O)N1CCN(C(=O)[C@H](C)O)CC1. The van der Waals surface area contributed by atoms with E-state index in [4.69, 9.17) is 0 Å². The van der Waals surface area contributed by atoms with E-state index in [1.807, 2.05) is 25.1 Å². The first kappa shape index (κ1) is 17.5. The Morgan fingerprint density at radius 3 is 2.48 bits per heavy atom. The van der Waals surface area contributed by atoms with Crippen LogP contribution in [0.15, 0.2) is 24.4 Å². The molecule has 0 aromatic carbocycles. The maximum absolute atomic E-state index is 12.8. The predicted octanol–water partition coefficient (Wildman–Crippen LogP) is 1.18. The van der Waals surface area contributed by atoms with Gasteiger partial charge in [-0.15, -0.1) is 11.3 Å². The molecule has 0 bridgehead atoms. The Morgan fingerprint density at radius 2 is 1.88 bits per heavy atom. The topological polar surface area (TPSA) is 86.6 Å². The third kappa shape index (κ3) is 3.69. The van der Waals surface area contributed by atoms with Gasteiger partial charge >= 0.3 is 0 Å². The number of rotatable bonds is 3. The molecule has 0 saturated carbocycles. The number of aryl methyl sites for hydroxylation is 1. The van der Waals surface area contributed by atoms with Crippen LogP contribution in [-0.2, 0) is 4.79 Å². The molecule has 0 aliphatic carbocycles. The highest BCUT2D eigenvalue weighted by molar-refractivity contribution is 7.17. The first-order valence-corrected chi connectivity index (χ1v) is 8.94. The zero-order chi connectivity index (χ0) is 18.0. The highest BCUT2D eigenvalue weighted by Gasteiger charge is 2.28. The van der Waals surface area contributed by atoms with Crippen molar-refractivity contribution in [2.45, 2.75) is 20.0 Å². The van der Waals surface area contributed by atoms with E-state index < -0.39 is 6.10 Å². The largest absolute Gasteiger partial charge is 0.384 e. The van der Waals surface area contributed by atoms with Crippen molar-refractivity contribution in [1.29, 1.82) is 0 Å². The predicted molar refractivity (Wildman–Crippen MR) is 94.2 cm³/mol. The van der Waals surface area contributed by atoms with E-state index in [1.165, 1.54) is 18.3 Å². The molecule has 0 unspecified atom stereocenters. The summed E-state index contributed by atoms with van der Waals surface area (Å²) in [6, 6.07) is 5.59. The van der Waals surface area contributed by atoms with E-state index >= 15 is 0 Å². The van der Waals surface area contributed by atoms with Crippen molar-refractivity contribution >= 4 is 23.2 Å². The summed E-state index contributed by atoms with van der Waals surface area (Å²) in [4.78, 5) is 37.3. The maximum atomic E-state index is 12.8. The molecular formula is C17H20N4O3S. The molecule has 1 aliphatic rings. The van der Waals surface area contributed by atoms with Crippen molar-refractivity contribution in [2.24, 2.45) is 0 Å². The van der Waals surface area contributed by atoms with Gasteiger partial charge < -0.3 is 14.9 Å². The lowest BCUT2D eigenvalue weighted by Crippen LogP contribution is -2.52. The lowest BCUT2D eigenvalue weighted by molar-refractivity contribution is -0.140. The number of carbonyl (C=O) groups is 2. The van der Waals surface area contributed by atoms with Crippen molar-refractivity contribution in [1.82, 2.24) is 19.8 Å². The summed E-state index contributed by atoms with van der Waals surface area (Å²) < 4.78 is 0. The smallest absolute Gasteiger partial charge is 0.265 e. The number of pyridine rings is 1. The number of aliphatic hydroxyl groups excluding tert-OH is 1. The van der Waals surface area contributed by atoms with Gasteiger partial charge in [0.25, 0.3) is 11.8 Å². The van der Waals surface area contributed by atoms with E-state index in [0.717, 1.165) is 10.7 Å². The van der Waals surface area contributed by atoms with Crippen LogP contribution < -0.4 is 0 Å². The van der Waals surface area contributed by atoms with Crippen molar-refractivity contribution in [3.63, 3.8) is 0 Å². The van der Waals surface area contributed by atoms with Gasteiger partial charge in [-0.1, -0.05) is 6.07 Å². The van der Waals surface area contributed by atoms with Gasteiger partial charge in [0, 0.05) is 32.4 Å². The maximum Gasteiger partial charge on any atom is 0.265 e. The second-order valence-corrected chi connectivity index (χ2v) is 6.94. The Kier molecular flexibility index (Phi) is 5.10. The van der Waals surface area contributed by atoms with Crippen LogP contribution in [0.3, 0.4) is 0 Å². The molecule has 2 aromatic heterocycles. The summed E-state index contributed by atoms with van der Waals surface area (Å²) in [5.41, 5.74) is 1.44. The zero-order valence-corrected chi connectivity index (χ0v) is 15.0. The molecule has 8 heteroatoms. The Bertz CT molecular complexity index is 767. The normalized spacial score (nSPS) is 16.0. The van der Waals surface area contributed by atoms with Gasteiger partial charge in [0.15, 0.2) is 0 Å². The number of thiazole rings is 1. The molecule has 132 valence electrons.